The largest absolute Gasteiger partial charge is 0.481 e. The molecule has 2 N–H and O–H groups in total. The van der Waals surface area contributed by atoms with Crippen molar-refractivity contribution in [2.45, 2.75) is 19.8 Å². The van der Waals surface area contributed by atoms with E-state index in [-0.39, 0.29) is 11.7 Å². The highest BCUT2D eigenvalue weighted by Crippen LogP contribution is 2.02. The number of hydrogen-bond donors (Lipinski definition) is 2. The van der Waals surface area contributed by atoms with Crippen molar-refractivity contribution < 1.29 is 14.7 Å². The predicted molar refractivity (Wildman–Crippen MR) is 48.4 cm³/mol. The molecule has 0 radical (unpaired) electrons. The molecule has 0 saturated carbocycles. The Hall–Kier alpha value is -0.710. The topological polar surface area (TPSA) is 66.4 Å². The van der Waals surface area contributed by atoms with Gasteiger partial charge in [0.1, 0.15) is 0 Å². The molecule has 0 spiro atoms. The van der Waals surface area contributed by atoms with Crippen LogP contribution in [0.15, 0.2) is 0 Å². The van der Waals surface area contributed by atoms with Crippen LogP contribution in [-0.4, -0.2) is 28.6 Å². The van der Waals surface area contributed by atoms with Gasteiger partial charge in [0.15, 0.2) is 0 Å². The monoisotopic (exact) mass is 191 g/mol. The Labute approximate surface area is 75.7 Å². The zero-order valence-electron chi connectivity index (χ0n) is 7.00. The number of carboxylic acid groups (broad SMARTS) is 1. The zero-order valence-corrected chi connectivity index (χ0v) is 7.82. The third-order valence-electron chi connectivity index (χ3n) is 1.07. The molecule has 0 aromatic rings. The molecular weight excluding hydrogens is 178 g/mol. The van der Waals surface area contributed by atoms with Crippen LogP contribution in [0.1, 0.15) is 19.8 Å². The average Bonchev–Trinajstić information content (AvgIpc) is 2.00. The van der Waals surface area contributed by atoms with E-state index in [1.165, 1.54) is 0 Å². The number of amides is 1. The Morgan fingerprint density at radius 2 is 2.17 bits per heavy atom. The molecule has 0 heterocycles. The van der Waals surface area contributed by atoms with Crippen molar-refractivity contribution in [3.8, 4) is 0 Å². The van der Waals surface area contributed by atoms with Crippen LogP contribution in [0.3, 0.4) is 0 Å². The van der Waals surface area contributed by atoms with E-state index in [2.05, 4.69) is 5.32 Å². The van der Waals surface area contributed by atoms with Gasteiger partial charge in [-0.25, -0.2) is 0 Å². The number of aliphatic carboxylic acids is 1. The summed E-state index contributed by atoms with van der Waals surface area (Å²) in [5.74, 6) is -0.531. The molecule has 0 aliphatic carbocycles. The van der Waals surface area contributed by atoms with Gasteiger partial charge in [-0.2, -0.15) is 0 Å². The fourth-order valence-electron chi connectivity index (χ4n) is 0.509. The summed E-state index contributed by atoms with van der Waals surface area (Å²) >= 11 is 1.01. The molecule has 1 amide bonds. The molecule has 4 nitrogen and oxygen atoms in total. The fraction of sp³-hybridized carbons (Fsp3) is 0.714. The number of carbonyl (C=O) groups excluding carboxylic acids is 1. The molecule has 0 atom stereocenters. The van der Waals surface area contributed by atoms with E-state index in [1.807, 2.05) is 6.92 Å². The summed E-state index contributed by atoms with van der Waals surface area (Å²) in [6.07, 6.45) is 0.926. The number of rotatable bonds is 5. The standard InChI is InChI=1S/C7H13NO3S/c1-2-4-8-7(11)12-5-3-6(9)10/h2-5H2,1H3,(H,8,11)(H,9,10). The smallest absolute Gasteiger partial charge is 0.304 e. The van der Waals surface area contributed by atoms with Gasteiger partial charge in [-0.05, 0) is 6.42 Å². The Kier molecular flexibility index (Phi) is 6.55. The normalized spacial score (nSPS) is 9.42. The molecule has 0 fully saturated rings. The molecule has 70 valence electrons. The molecule has 0 unspecified atom stereocenters. The molecule has 0 aromatic carbocycles. The summed E-state index contributed by atoms with van der Waals surface area (Å²) in [5, 5.41) is 10.8. The van der Waals surface area contributed by atoms with Crippen molar-refractivity contribution in [2.24, 2.45) is 0 Å². The van der Waals surface area contributed by atoms with Gasteiger partial charge in [-0.3, -0.25) is 9.59 Å². The van der Waals surface area contributed by atoms with E-state index in [9.17, 15) is 9.59 Å². The Morgan fingerprint density at radius 1 is 1.50 bits per heavy atom. The van der Waals surface area contributed by atoms with Gasteiger partial charge in [0.05, 0.1) is 6.42 Å². The number of carbonyl (C=O) groups is 2. The first-order valence-electron chi connectivity index (χ1n) is 3.79. The van der Waals surface area contributed by atoms with Gasteiger partial charge in [-0.15, -0.1) is 0 Å². The third kappa shape index (κ3) is 7.40. The molecule has 12 heavy (non-hydrogen) atoms. The molecule has 0 saturated heterocycles. The highest BCUT2D eigenvalue weighted by atomic mass is 32.2. The second-order valence-corrected chi connectivity index (χ2v) is 3.27. The minimum Gasteiger partial charge on any atom is -0.481 e. The summed E-state index contributed by atoms with van der Waals surface area (Å²) in [4.78, 5) is 20.9. The molecule has 0 rings (SSSR count). The van der Waals surface area contributed by atoms with Crippen LogP contribution in [0.4, 0.5) is 4.79 Å². The number of thioether (sulfide) groups is 1. The molecule has 5 heteroatoms. The van der Waals surface area contributed by atoms with Gasteiger partial charge in [-0.1, -0.05) is 18.7 Å². The minimum absolute atomic E-state index is 0.0320. The Morgan fingerprint density at radius 3 is 2.67 bits per heavy atom. The number of hydrogen-bond acceptors (Lipinski definition) is 3. The van der Waals surface area contributed by atoms with Gasteiger partial charge in [0.2, 0.25) is 0 Å². The molecule has 0 bridgehead atoms. The zero-order chi connectivity index (χ0) is 9.40. The number of carboxylic acids is 1. The maximum absolute atomic E-state index is 10.8. The Bertz CT molecular complexity index is 161. The van der Waals surface area contributed by atoms with Crippen LogP contribution < -0.4 is 5.32 Å². The summed E-state index contributed by atoms with van der Waals surface area (Å²) in [5.41, 5.74) is 0. The van der Waals surface area contributed by atoms with Gasteiger partial charge in [0, 0.05) is 12.3 Å². The van der Waals surface area contributed by atoms with Crippen molar-refractivity contribution in [2.75, 3.05) is 12.3 Å². The van der Waals surface area contributed by atoms with E-state index in [0.717, 1.165) is 18.2 Å². The Balaban J connectivity index is 3.25. The molecular formula is C7H13NO3S. The maximum atomic E-state index is 10.8. The lowest BCUT2D eigenvalue weighted by Gasteiger charge is -2.00. The lowest BCUT2D eigenvalue weighted by molar-refractivity contribution is -0.136. The van der Waals surface area contributed by atoms with Crippen LogP contribution in [0.5, 0.6) is 0 Å². The van der Waals surface area contributed by atoms with Gasteiger partial charge in [0.25, 0.3) is 5.24 Å². The third-order valence-corrected chi connectivity index (χ3v) is 1.88. The fourth-order valence-corrected chi connectivity index (χ4v) is 1.18. The van der Waals surface area contributed by atoms with Crippen molar-refractivity contribution in [1.82, 2.24) is 5.32 Å². The van der Waals surface area contributed by atoms with Crippen molar-refractivity contribution in [1.29, 1.82) is 0 Å². The van der Waals surface area contributed by atoms with Crippen LogP contribution in [0.25, 0.3) is 0 Å². The van der Waals surface area contributed by atoms with Crippen LogP contribution in [0.2, 0.25) is 0 Å². The van der Waals surface area contributed by atoms with Gasteiger partial charge < -0.3 is 10.4 Å². The highest BCUT2D eigenvalue weighted by molar-refractivity contribution is 8.13. The quantitative estimate of drug-likeness (QED) is 0.687. The van der Waals surface area contributed by atoms with E-state index >= 15 is 0 Å². The van der Waals surface area contributed by atoms with E-state index in [4.69, 9.17) is 5.11 Å². The summed E-state index contributed by atoms with van der Waals surface area (Å²) in [7, 11) is 0. The van der Waals surface area contributed by atoms with Crippen LogP contribution >= 0.6 is 11.8 Å². The molecule has 0 aromatic heterocycles. The van der Waals surface area contributed by atoms with Crippen molar-refractivity contribution >= 4 is 23.0 Å². The maximum Gasteiger partial charge on any atom is 0.304 e. The summed E-state index contributed by atoms with van der Waals surface area (Å²) in [6.45, 7) is 2.61. The lowest BCUT2D eigenvalue weighted by atomic mass is 10.5. The predicted octanol–water partition coefficient (Wildman–Crippen LogP) is 1.31. The van der Waals surface area contributed by atoms with Crippen molar-refractivity contribution in [3.05, 3.63) is 0 Å². The second kappa shape index (κ2) is 6.97. The first-order chi connectivity index (χ1) is 5.66. The lowest BCUT2D eigenvalue weighted by Crippen LogP contribution is -2.19. The van der Waals surface area contributed by atoms with Crippen LogP contribution in [0, 0.1) is 0 Å². The van der Waals surface area contributed by atoms with Crippen molar-refractivity contribution in [3.63, 3.8) is 0 Å². The second-order valence-electron chi connectivity index (χ2n) is 2.21. The minimum atomic E-state index is -0.870. The summed E-state index contributed by atoms with van der Waals surface area (Å²) < 4.78 is 0. The first kappa shape index (κ1) is 11.3. The van der Waals surface area contributed by atoms with Gasteiger partial charge >= 0.3 is 5.97 Å². The molecule has 0 aliphatic rings. The number of nitrogens with one attached hydrogen (secondary N) is 1. The van der Waals surface area contributed by atoms with E-state index in [1.54, 1.807) is 0 Å². The SMILES string of the molecule is CCCNC(=O)SCCC(=O)O. The first-order valence-corrected chi connectivity index (χ1v) is 4.77. The average molecular weight is 191 g/mol. The molecule has 0 aliphatic heterocycles. The highest BCUT2D eigenvalue weighted by Gasteiger charge is 2.02. The van der Waals surface area contributed by atoms with E-state index < -0.39 is 5.97 Å². The van der Waals surface area contributed by atoms with E-state index in [0.29, 0.717) is 12.3 Å². The van der Waals surface area contributed by atoms with Crippen LogP contribution in [-0.2, 0) is 4.79 Å². The summed E-state index contributed by atoms with van der Waals surface area (Å²) in [6, 6.07) is 0.